The van der Waals surface area contributed by atoms with E-state index in [4.69, 9.17) is 5.73 Å². The summed E-state index contributed by atoms with van der Waals surface area (Å²) in [6.07, 6.45) is -3.60. The number of aliphatic hydroxyl groups is 1. The van der Waals surface area contributed by atoms with Crippen LogP contribution in [0.2, 0.25) is 0 Å². The van der Waals surface area contributed by atoms with E-state index in [2.05, 4.69) is 4.98 Å². The Balaban J connectivity index is 2.64. The molecule has 0 spiro atoms. The van der Waals surface area contributed by atoms with Crippen molar-refractivity contribution in [1.29, 1.82) is 0 Å². The van der Waals surface area contributed by atoms with Crippen LogP contribution in [0, 0.1) is 0 Å². The lowest BCUT2D eigenvalue weighted by Crippen LogP contribution is -2.36. The molecule has 0 saturated heterocycles. The highest BCUT2D eigenvalue weighted by Gasteiger charge is 2.30. The van der Waals surface area contributed by atoms with Crippen LogP contribution in [-0.2, 0) is 6.18 Å². The number of aromatic nitrogens is 1. The van der Waals surface area contributed by atoms with Crippen LogP contribution in [0.25, 0.3) is 0 Å². The first-order valence-corrected chi connectivity index (χ1v) is 5.82. The third kappa shape index (κ3) is 4.53. The molecule has 0 aliphatic carbocycles. The lowest BCUT2D eigenvalue weighted by atomic mass is 10.1. The van der Waals surface area contributed by atoms with Crippen molar-refractivity contribution < 1.29 is 18.3 Å². The Morgan fingerprint density at radius 3 is 2.47 bits per heavy atom. The fourth-order valence-electron chi connectivity index (χ4n) is 0.922. The molecule has 1 rings (SSSR count). The van der Waals surface area contributed by atoms with E-state index in [9.17, 15) is 18.3 Å². The fraction of sp³-hybridized carbons (Fsp3) is 0.500. The van der Waals surface area contributed by atoms with Crippen molar-refractivity contribution in [1.82, 2.24) is 4.98 Å². The molecule has 0 radical (unpaired) electrons. The number of hydrogen-bond donors (Lipinski definition) is 2. The third-order valence-electron chi connectivity index (χ3n) is 2.03. The van der Waals surface area contributed by atoms with Gasteiger partial charge in [0.15, 0.2) is 0 Å². The second-order valence-corrected chi connectivity index (χ2v) is 4.87. The number of nitrogens with two attached hydrogens (primary N) is 1. The summed E-state index contributed by atoms with van der Waals surface area (Å²) in [7, 11) is 0. The molecule has 1 unspecified atom stereocenters. The quantitative estimate of drug-likeness (QED) is 0.817. The molecular weight excluding hydrogens is 253 g/mol. The molecular formula is C10H13F3N2OS. The van der Waals surface area contributed by atoms with Crippen molar-refractivity contribution in [2.45, 2.75) is 23.7 Å². The van der Waals surface area contributed by atoms with Gasteiger partial charge in [-0.15, -0.1) is 11.8 Å². The van der Waals surface area contributed by atoms with Crippen LogP contribution in [0.4, 0.5) is 13.2 Å². The number of nitrogens with zero attached hydrogens (tertiary/aromatic N) is 1. The normalized spacial score (nSPS) is 15.6. The van der Waals surface area contributed by atoms with E-state index in [1.165, 1.54) is 6.07 Å². The molecule has 1 aromatic rings. The molecule has 7 heteroatoms. The Labute approximate surface area is 101 Å². The van der Waals surface area contributed by atoms with Crippen molar-refractivity contribution in [3.05, 3.63) is 23.9 Å². The minimum atomic E-state index is -4.38. The van der Waals surface area contributed by atoms with E-state index >= 15 is 0 Å². The van der Waals surface area contributed by atoms with Gasteiger partial charge in [-0.1, -0.05) is 0 Å². The van der Waals surface area contributed by atoms with Gasteiger partial charge in [0.1, 0.15) is 0 Å². The Kier molecular flexibility index (Phi) is 4.40. The molecule has 96 valence electrons. The van der Waals surface area contributed by atoms with Crippen molar-refractivity contribution in [3.8, 4) is 0 Å². The first-order chi connectivity index (χ1) is 7.74. The molecule has 0 aliphatic heterocycles. The number of hydrogen-bond acceptors (Lipinski definition) is 4. The first kappa shape index (κ1) is 14.3. The van der Waals surface area contributed by atoms with Crippen LogP contribution in [0.15, 0.2) is 23.4 Å². The van der Waals surface area contributed by atoms with Crippen molar-refractivity contribution >= 4 is 11.8 Å². The van der Waals surface area contributed by atoms with Gasteiger partial charge in [-0.25, -0.2) is 4.98 Å². The predicted molar refractivity (Wildman–Crippen MR) is 59.6 cm³/mol. The van der Waals surface area contributed by atoms with E-state index < -0.39 is 17.3 Å². The average molecular weight is 266 g/mol. The zero-order valence-electron chi connectivity index (χ0n) is 9.16. The molecule has 3 nitrogen and oxygen atoms in total. The summed E-state index contributed by atoms with van der Waals surface area (Å²) >= 11 is 1.16. The summed E-state index contributed by atoms with van der Waals surface area (Å²) in [6.45, 7) is 1.64. The second kappa shape index (κ2) is 5.24. The highest BCUT2D eigenvalue weighted by molar-refractivity contribution is 7.99. The maximum absolute atomic E-state index is 12.2. The fourth-order valence-corrected chi connectivity index (χ4v) is 1.79. The van der Waals surface area contributed by atoms with Crippen LogP contribution >= 0.6 is 11.8 Å². The van der Waals surface area contributed by atoms with Crippen LogP contribution in [0.5, 0.6) is 0 Å². The van der Waals surface area contributed by atoms with Gasteiger partial charge in [0, 0.05) is 18.5 Å². The highest BCUT2D eigenvalue weighted by Crippen LogP contribution is 2.29. The summed E-state index contributed by atoms with van der Waals surface area (Å²) in [6, 6.07) is 2.24. The van der Waals surface area contributed by atoms with Crippen LogP contribution in [0.1, 0.15) is 12.5 Å². The van der Waals surface area contributed by atoms with Crippen molar-refractivity contribution in [3.63, 3.8) is 0 Å². The number of alkyl halides is 3. The number of halogens is 3. The standard InChI is InChI=1S/C10H13F3N2OS/c1-9(16,5-14)6-17-8-3-2-7(4-15-8)10(11,12)13/h2-4,16H,5-6,14H2,1H3. The van der Waals surface area contributed by atoms with Gasteiger partial charge >= 0.3 is 6.18 Å². The SMILES string of the molecule is CC(O)(CN)CSc1ccc(C(F)(F)F)cn1. The number of rotatable bonds is 4. The average Bonchev–Trinajstić information content (AvgIpc) is 2.26. The Bertz CT molecular complexity index is 365. The molecule has 0 saturated carbocycles. The lowest BCUT2D eigenvalue weighted by molar-refractivity contribution is -0.137. The van der Waals surface area contributed by atoms with Crippen molar-refractivity contribution in [2.24, 2.45) is 5.73 Å². The van der Waals surface area contributed by atoms with Gasteiger partial charge < -0.3 is 10.8 Å². The Morgan fingerprint density at radius 1 is 1.41 bits per heavy atom. The largest absolute Gasteiger partial charge is 0.417 e. The van der Waals surface area contributed by atoms with Crippen LogP contribution in [0.3, 0.4) is 0 Å². The van der Waals surface area contributed by atoms with Gasteiger partial charge in [-0.3, -0.25) is 0 Å². The van der Waals surface area contributed by atoms with E-state index in [1.54, 1.807) is 6.92 Å². The topological polar surface area (TPSA) is 59.1 Å². The van der Waals surface area contributed by atoms with Gasteiger partial charge in [0.05, 0.1) is 16.2 Å². The minimum absolute atomic E-state index is 0.0840. The second-order valence-electron chi connectivity index (χ2n) is 3.87. The predicted octanol–water partition coefficient (Wildman–Crippen LogP) is 1.90. The van der Waals surface area contributed by atoms with Gasteiger partial charge in [0.2, 0.25) is 0 Å². The zero-order valence-corrected chi connectivity index (χ0v) is 9.98. The molecule has 1 atom stereocenters. The summed E-state index contributed by atoms with van der Waals surface area (Å²) in [5, 5.41) is 10.0. The monoisotopic (exact) mass is 266 g/mol. The molecule has 1 aromatic heterocycles. The highest BCUT2D eigenvalue weighted by atomic mass is 32.2. The summed E-state index contributed by atoms with van der Waals surface area (Å²) in [4.78, 5) is 3.67. The van der Waals surface area contributed by atoms with E-state index in [-0.39, 0.29) is 12.3 Å². The molecule has 0 aliphatic rings. The van der Waals surface area contributed by atoms with Gasteiger partial charge in [0.25, 0.3) is 0 Å². The maximum atomic E-state index is 12.2. The summed E-state index contributed by atoms with van der Waals surface area (Å²) in [5.41, 5.74) is 3.49. The number of pyridine rings is 1. The molecule has 17 heavy (non-hydrogen) atoms. The molecule has 0 fully saturated rings. The number of thioether (sulfide) groups is 1. The van der Waals surface area contributed by atoms with E-state index in [1.807, 2.05) is 0 Å². The molecule has 3 N–H and O–H groups in total. The zero-order chi connectivity index (χ0) is 13.1. The molecule has 0 aromatic carbocycles. The Morgan fingerprint density at radius 2 is 2.06 bits per heavy atom. The molecule has 0 amide bonds. The molecule has 0 bridgehead atoms. The summed E-state index contributed by atoms with van der Waals surface area (Å²) in [5.74, 6) is 0.280. The molecule has 1 heterocycles. The smallest absolute Gasteiger partial charge is 0.388 e. The van der Waals surface area contributed by atoms with E-state index in [0.717, 1.165) is 24.0 Å². The Hall–Kier alpha value is -0.790. The van der Waals surface area contributed by atoms with Crippen LogP contribution in [-0.4, -0.2) is 28.0 Å². The minimum Gasteiger partial charge on any atom is -0.388 e. The maximum Gasteiger partial charge on any atom is 0.417 e. The summed E-state index contributed by atoms with van der Waals surface area (Å²) < 4.78 is 36.7. The van der Waals surface area contributed by atoms with Crippen molar-refractivity contribution in [2.75, 3.05) is 12.3 Å². The van der Waals surface area contributed by atoms with Crippen LogP contribution < -0.4 is 5.73 Å². The third-order valence-corrected chi connectivity index (χ3v) is 3.34. The first-order valence-electron chi connectivity index (χ1n) is 4.83. The lowest BCUT2D eigenvalue weighted by Gasteiger charge is -2.19. The van der Waals surface area contributed by atoms with Gasteiger partial charge in [-0.05, 0) is 19.1 Å². The van der Waals surface area contributed by atoms with E-state index in [0.29, 0.717) is 5.03 Å². The van der Waals surface area contributed by atoms with Gasteiger partial charge in [-0.2, -0.15) is 13.2 Å².